The molecule has 0 unspecified atom stereocenters. The third kappa shape index (κ3) is 34.0. The monoisotopic (exact) mass is 374 g/mol. The van der Waals surface area contributed by atoms with E-state index in [0.29, 0.717) is 0 Å². The first-order valence-electron chi connectivity index (χ1n) is 4.71. The zero-order valence-corrected chi connectivity index (χ0v) is 14.4. The molecule has 0 aromatic rings. The fourth-order valence-electron chi connectivity index (χ4n) is 0.714. The first-order chi connectivity index (χ1) is 9.51. The number of rotatable bonds is 5. The van der Waals surface area contributed by atoms with Crippen LogP contribution in [0.2, 0.25) is 0 Å². The summed E-state index contributed by atoms with van der Waals surface area (Å²) in [6.07, 6.45) is -2.29. The van der Waals surface area contributed by atoms with Crippen molar-refractivity contribution in [3.63, 3.8) is 0 Å². The molecule has 0 saturated carbocycles. The molecule has 0 aromatic carbocycles. The van der Waals surface area contributed by atoms with E-state index in [4.69, 9.17) is 54.7 Å². The van der Waals surface area contributed by atoms with Crippen molar-refractivity contribution in [2.75, 3.05) is 0 Å². The van der Waals surface area contributed by atoms with Gasteiger partial charge in [-0.2, -0.15) is 0 Å². The SMILES string of the molecule is O=C(O)CC(O)(CC(=O)O)C(=O)O.O=P(O)(O)O.[Na+].[O-]B(O)O. The van der Waals surface area contributed by atoms with E-state index in [9.17, 15) is 14.4 Å². The van der Waals surface area contributed by atoms with Gasteiger partial charge in [-0.15, -0.1) is 0 Å². The maximum absolute atomic E-state index is 10.3. The molecule has 130 valence electrons. The Balaban J connectivity index is -0.000000150. The van der Waals surface area contributed by atoms with Crippen molar-refractivity contribution in [2.24, 2.45) is 0 Å². The van der Waals surface area contributed by atoms with Crippen LogP contribution in [-0.4, -0.2) is 76.0 Å². The van der Waals surface area contributed by atoms with Crippen molar-refractivity contribution in [2.45, 2.75) is 18.4 Å². The molecule has 0 aliphatic heterocycles. The molecule has 17 heteroatoms. The smallest absolute Gasteiger partial charge is 0.832 e. The molecule has 0 aromatic heterocycles. The Hall–Kier alpha value is -0.575. The molecular weight excluding hydrogens is 361 g/mol. The van der Waals surface area contributed by atoms with E-state index in [1.165, 1.54) is 0 Å². The minimum absolute atomic E-state index is 0. The van der Waals surface area contributed by atoms with Gasteiger partial charge < -0.3 is 50.2 Å². The van der Waals surface area contributed by atoms with Gasteiger partial charge in [0.1, 0.15) is 0 Å². The van der Waals surface area contributed by atoms with Crippen LogP contribution in [0.15, 0.2) is 0 Å². The van der Waals surface area contributed by atoms with E-state index < -0.39 is 51.5 Å². The Morgan fingerprint density at radius 2 is 1.13 bits per heavy atom. The van der Waals surface area contributed by atoms with Crippen molar-refractivity contribution in [1.29, 1.82) is 0 Å². The zero-order valence-electron chi connectivity index (χ0n) is 11.5. The summed E-state index contributed by atoms with van der Waals surface area (Å²) in [5.41, 5.74) is -2.74. The summed E-state index contributed by atoms with van der Waals surface area (Å²) in [6.45, 7) is 0. The van der Waals surface area contributed by atoms with Gasteiger partial charge in [-0.1, -0.05) is 0 Å². The van der Waals surface area contributed by atoms with E-state index in [1.54, 1.807) is 0 Å². The number of carboxylic acid groups (broad SMARTS) is 3. The molecule has 14 nitrogen and oxygen atoms in total. The Bertz CT molecular complexity index is 392. The third-order valence-corrected chi connectivity index (χ3v) is 1.29. The van der Waals surface area contributed by atoms with Gasteiger partial charge >= 0.3 is 62.6 Å². The van der Waals surface area contributed by atoms with Crippen LogP contribution in [-0.2, 0) is 18.9 Å². The number of aliphatic carboxylic acids is 3. The summed E-state index contributed by atoms with van der Waals surface area (Å²) in [5.74, 6) is -5.02. The first-order valence-corrected chi connectivity index (χ1v) is 6.27. The summed E-state index contributed by atoms with van der Waals surface area (Å²) >= 11 is 0. The maximum atomic E-state index is 10.3. The van der Waals surface area contributed by atoms with Gasteiger partial charge in [-0.05, 0) is 0 Å². The van der Waals surface area contributed by atoms with E-state index in [1.807, 2.05) is 0 Å². The summed E-state index contributed by atoms with van der Waals surface area (Å²) in [5, 5.41) is 56.6. The van der Waals surface area contributed by atoms with Crippen molar-refractivity contribution < 1.29 is 98.7 Å². The molecule has 0 saturated heterocycles. The normalized spacial score (nSPS) is 9.87. The minimum atomic E-state index is -4.64. The molecule has 0 heterocycles. The molecule has 0 aliphatic rings. The van der Waals surface area contributed by atoms with Crippen molar-refractivity contribution in [3.8, 4) is 0 Å². The van der Waals surface area contributed by atoms with Crippen LogP contribution in [0.1, 0.15) is 12.8 Å². The molecule has 0 aliphatic carbocycles. The van der Waals surface area contributed by atoms with Gasteiger partial charge in [0, 0.05) is 0 Å². The zero-order chi connectivity index (χ0) is 18.7. The van der Waals surface area contributed by atoms with Crippen molar-refractivity contribution in [3.05, 3.63) is 0 Å². The number of carbonyl (C=O) groups is 3. The first kappa shape index (κ1) is 30.3. The average molecular weight is 374 g/mol. The number of aliphatic hydroxyl groups is 1. The molecule has 0 bridgehead atoms. The van der Waals surface area contributed by atoms with Gasteiger partial charge in [0.25, 0.3) is 0 Å². The van der Waals surface area contributed by atoms with E-state index in [0.717, 1.165) is 0 Å². The van der Waals surface area contributed by atoms with Gasteiger partial charge in [0.2, 0.25) is 0 Å². The van der Waals surface area contributed by atoms with Crippen molar-refractivity contribution in [1.82, 2.24) is 0 Å². The molecule has 0 rings (SSSR count). The summed E-state index contributed by atoms with van der Waals surface area (Å²) in [7, 11) is -7.06. The standard InChI is InChI=1S/C6H8O7.BH2O3.Na.H3O4P/c7-3(8)1-6(13,5(11)12)2-4(9)10;2-1(3)4;;1-5(2,3)4/h13H,1-2H2,(H,7,8)(H,9,10)(H,11,12);2-3H;;(H3,1,2,3,4)/q;-1;+1;. The summed E-state index contributed by atoms with van der Waals surface area (Å²) in [6, 6.07) is 0. The van der Waals surface area contributed by atoms with Gasteiger partial charge in [-0.3, -0.25) is 9.59 Å². The number of carboxylic acids is 3. The van der Waals surface area contributed by atoms with E-state index in [-0.39, 0.29) is 29.6 Å². The van der Waals surface area contributed by atoms with Gasteiger partial charge in [0.15, 0.2) is 5.60 Å². The quantitative estimate of drug-likeness (QED) is 0.160. The number of phosphoric acid groups is 1. The van der Waals surface area contributed by atoms with Crippen LogP contribution < -0.4 is 34.6 Å². The van der Waals surface area contributed by atoms with Crippen LogP contribution in [0, 0.1) is 0 Å². The molecule has 0 radical (unpaired) electrons. The number of hydrogen-bond acceptors (Lipinski definition) is 8. The second kappa shape index (κ2) is 13.8. The van der Waals surface area contributed by atoms with Gasteiger partial charge in [0.05, 0.1) is 12.8 Å². The topological polar surface area (TPSA) is 273 Å². The molecule has 23 heavy (non-hydrogen) atoms. The minimum Gasteiger partial charge on any atom is -0.832 e. The molecule has 0 atom stereocenters. The second-order valence-corrected chi connectivity index (χ2v) is 4.34. The third-order valence-electron chi connectivity index (χ3n) is 1.29. The maximum Gasteiger partial charge on any atom is 1.00 e. The number of hydrogen-bond donors (Lipinski definition) is 9. The summed E-state index contributed by atoms with van der Waals surface area (Å²) in [4.78, 5) is 52.0. The predicted octanol–water partition coefficient (Wildman–Crippen LogP) is -7.86. The van der Waals surface area contributed by atoms with Crippen LogP contribution in [0.5, 0.6) is 0 Å². The predicted molar refractivity (Wildman–Crippen MR) is 61.5 cm³/mol. The Morgan fingerprint density at radius 1 is 0.957 bits per heavy atom. The van der Waals surface area contributed by atoms with Crippen LogP contribution in [0.25, 0.3) is 0 Å². The molecule has 9 N–H and O–H groups in total. The molecule has 0 fully saturated rings. The molecule has 0 spiro atoms. The Kier molecular flexibility index (Phi) is 18.2. The largest absolute Gasteiger partial charge is 1.00 e. The average Bonchev–Trinajstić information content (AvgIpc) is 2.09. The molecule has 0 amide bonds. The van der Waals surface area contributed by atoms with E-state index >= 15 is 0 Å². The Morgan fingerprint density at radius 3 is 1.22 bits per heavy atom. The summed E-state index contributed by atoms with van der Waals surface area (Å²) < 4.78 is 8.88. The van der Waals surface area contributed by atoms with Crippen LogP contribution in [0.3, 0.4) is 0 Å². The van der Waals surface area contributed by atoms with Crippen LogP contribution in [0.4, 0.5) is 0 Å². The fourth-order valence-corrected chi connectivity index (χ4v) is 0.714. The Labute approximate surface area is 150 Å². The van der Waals surface area contributed by atoms with Crippen LogP contribution >= 0.6 is 7.82 Å². The second-order valence-electron chi connectivity index (χ2n) is 3.32. The van der Waals surface area contributed by atoms with Gasteiger partial charge in [-0.25, -0.2) is 9.36 Å². The fraction of sp³-hybridized carbons (Fsp3) is 0.500. The van der Waals surface area contributed by atoms with Crippen molar-refractivity contribution >= 4 is 33.1 Å². The van der Waals surface area contributed by atoms with E-state index in [2.05, 4.69) is 0 Å². The molecular formula is C6H13BNaO14P.